The Morgan fingerprint density at radius 1 is 1.18 bits per heavy atom. The number of fused-ring (bicyclic) bond motifs is 1. The lowest BCUT2D eigenvalue weighted by Crippen LogP contribution is -2.39. The highest BCUT2D eigenvalue weighted by Gasteiger charge is 2.44. The second-order valence-electron chi connectivity index (χ2n) is 6.62. The number of nitrogens with zero attached hydrogens (tertiary/aromatic N) is 2. The summed E-state index contributed by atoms with van der Waals surface area (Å²) < 4.78 is 6.85. The Morgan fingerprint density at radius 2 is 1.82 bits per heavy atom. The summed E-state index contributed by atoms with van der Waals surface area (Å²) in [5.74, 6) is -1.20. The molecule has 1 aromatic heterocycles. The van der Waals surface area contributed by atoms with E-state index in [1.807, 2.05) is 0 Å². The van der Waals surface area contributed by atoms with Crippen LogP contribution in [0.3, 0.4) is 0 Å². The summed E-state index contributed by atoms with van der Waals surface area (Å²) in [6, 6.07) is 6.34. The molecule has 2 amide bonds. The van der Waals surface area contributed by atoms with E-state index in [0.29, 0.717) is 10.6 Å². The van der Waals surface area contributed by atoms with Crippen molar-refractivity contribution in [1.29, 1.82) is 0 Å². The summed E-state index contributed by atoms with van der Waals surface area (Å²) in [7, 11) is 0. The first-order valence-electron chi connectivity index (χ1n) is 8.63. The van der Waals surface area contributed by atoms with Gasteiger partial charge in [0.25, 0.3) is 17.4 Å². The van der Waals surface area contributed by atoms with Crippen LogP contribution in [0.25, 0.3) is 0 Å². The maximum absolute atomic E-state index is 12.5. The van der Waals surface area contributed by atoms with Crippen molar-refractivity contribution in [2.24, 2.45) is 0 Å². The number of ether oxygens (including phenoxy) is 1. The molecule has 0 saturated carbocycles. The molecule has 10 nitrogen and oxygen atoms in total. The number of carbonyl (C=O) groups is 2. The predicted molar refractivity (Wildman–Crippen MR) is 93.5 cm³/mol. The third-order valence-electron chi connectivity index (χ3n) is 4.81. The second kappa shape index (κ2) is 6.82. The van der Waals surface area contributed by atoms with Gasteiger partial charge in [-0.2, -0.15) is 0 Å². The van der Waals surface area contributed by atoms with Crippen molar-refractivity contribution < 1.29 is 24.3 Å². The van der Waals surface area contributed by atoms with Gasteiger partial charge in [-0.3, -0.25) is 28.8 Å². The van der Waals surface area contributed by atoms with Gasteiger partial charge < -0.3 is 9.84 Å². The molecule has 2 aromatic rings. The number of hydrogen-bond donors (Lipinski definition) is 2. The van der Waals surface area contributed by atoms with Gasteiger partial charge >= 0.3 is 5.69 Å². The van der Waals surface area contributed by atoms with E-state index in [4.69, 9.17) is 9.57 Å². The Balaban J connectivity index is 1.57. The van der Waals surface area contributed by atoms with Crippen LogP contribution in [-0.4, -0.2) is 50.3 Å². The van der Waals surface area contributed by atoms with E-state index in [9.17, 15) is 24.3 Å². The first-order valence-corrected chi connectivity index (χ1v) is 8.63. The molecule has 0 aliphatic carbocycles. The second-order valence-corrected chi connectivity index (χ2v) is 6.62. The number of amides is 2. The van der Waals surface area contributed by atoms with Crippen LogP contribution in [0.15, 0.2) is 40.1 Å². The smallest absolute Gasteiger partial charge is 0.330 e. The summed E-state index contributed by atoms with van der Waals surface area (Å²) in [4.78, 5) is 56.3. The number of nitrogens with one attached hydrogen (secondary N) is 1. The van der Waals surface area contributed by atoms with E-state index in [2.05, 4.69) is 4.98 Å². The molecule has 146 valence electrons. The Bertz CT molecular complexity index is 1040. The maximum Gasteiger partial charge on any atom is 0.330 e. The fourth-order valence-electron chi connectivity index (χ4n) is 3.34. The largest absolute Gasteiger partial charge is 0.394 e. The molecule has 28 heavy (non-hydrogen) atoms. The number of aryl methyl sites for hydroxylation is 1. The SMILES string of the molecule is Cc1cn([C@H]2C[C@@H](ON3C(=O)c4ccccc4C3=O)[C@@H](CO)O2)c(=O)[nH]c1=O. The lowest BCUT2D eigenvalue weighted by atomic mass is 10.1. The van der Waals surface area contributed by atoms with E-state index in [0.717, 1.165) is 0 Å². The quantitative estimate of drug-likeness (QED) is 0.690. The summed E-state index contributed by atoms with van der Waals surface area (Å²) in [6.45, 7) is 1.10. The number of hydroxylamine groups is 2. The van der Waals surface area contributed by atoms with E-state index >= 15 is 0 Å². The number of aromatic amines is 1. The summed E-state index contributed by atoms with van der Waals surface area (Å²) >= 11 is 0. The van der Waals surface area contributed by atoms with Gasteiger partial charge in [-0.1, -0.05) is 12.1 Å². The number of carbonyl (C=O) groups excluding carboxylic acids is 2. The number of aliphatic hydroxyl groups is 1. The first kappa shape index (κ1) is 18.3. The molecule has 0 bridgehead atoms. The molecule has 4 rings (SSSR count). The summed E-state index contributed by atoms with van der Waals surface area (Å²) in [5, 5.41) is 10.3. The Hall–Kier alpha value is -3.08. The van der Waals surface area contributed by atoms with Crippen LogP contribution < -0.4 is 11.2 Å². The molecule has 1 saturated heterocycles. The molecule has 0 spiro atoms. The van der Waals surface area contributed by atoms with Crippen molar-refractivity contribution in [3.8, 4) is 0 Å². The van der Waals surface area contributed by atoms with Crippen LogP contribution in [0.5, 0.6) is 0 Å². The first-order chi connectivity index (χ1) is 13.4. The summed E-state index contributed by atoms with van der Waals surface area (Å²) in [5.41, 5.74) is -0.393. The van der Waals surface area contributed by atoms with E-state index in [1.165, 1.54) is 22.9 Å². The molecule has 1 fully saturated rings. The standard InChI is InChI=1S/C18H17N3O7/c1-9-7-20(18(26)19-15(9)23)14-6-12(13(8-22)27-14)28-21-16(24)10-4-2-3-5-11(10)17(21)25/h2-5,7,12-14,22H,6,8H2,1H3,(H,19,23,26)/t12-,13-,14-/m1/s1. The fraction of sp³-hybridized carbons (Fsp3) is 0.333. The number of imide groups is 1. The molecular weight excluding hydrogens is 370 g/mol. The van der Waals surface area contributed by atoms with Crippen LogP contribution in [-0.2, 0) is 9.57 Å². The van der Waals surface area contributed by atoms with Gasteiger partial charge in [-0.05, 0) is 19.1 Å². The number of H-pyrrole nitrogens is 1. The van der Waals surface area contributed by atoms with Crippen molar-refractivity contribution in [2.45, 2.75) is 31.8 Å². The van der Waals surface area contributed by atoms with Gasteiger partial charge in [-0.25, -0.2) is 4.79 Å². The maximum atomic E-state index is 12.5. The Kier molecular flexibility index (Phi) is 4.46. The number of aliphatic hydroxyl groups excluding tert-OH is 1. The minimum absolute atomic E-state index is 0.0873. The van der Waals surface area contributed by atoms with Gasteiger partial charge in [0.1, 0.15) is 18.4 Å². The molecule has 3 atom stereocenters. The normalized spacial score (nSPS) is 24.1. The number of hydrogen-bond acceptors (Lipinski definition) is 7. The van der Waals surface area contributed by atoms with Gasteiger partial charge in [0.15, 0.2) is 0 Å². The molecule has 2 aliphatic heterocycles. The molecule has 3 heterocycles. The van der Waals surface area contributed by atoms with Crippen molar-refractivity contribution in [2.75, 3.05) is 6.61 Å². The zero-order valence-corrected chi connectivity index (χ0v) is 14.8. The number of aromatic nitrogens is 2. The molecule has 10 heteroatoms. The molecular formula is C18H17N3O7. The van der Waals surface area contributed by atoms with Crippen molar-refractivity contribution in [1.82, 2.24) is 14.6 Å². The molecule has 1 aromatic carbocycles. The van der Waals surface area contributed by atoms with Crippen molar-refractivity contribution in [3.05, 3.63) is 68.0 Å². The average Bonchev–Trinajstić information content (AvgIpc) is 3.20. The summed E-state index contributed by atoms with van der Waals surface area (Å²) in [6.07, 6.45) is -1.11. The molecule has 2 aliphatic rings. The third kappa shape index (κ3) is 2.87. The van der Waals surface area contributed by atoms with E-state index in [1.54, 1.807) is 19.1 Å². The van der Waals surface area contributed by atoms with Crippen LogP contribution in [0, 0.1) is 6.92 Å². The highest BCUT2D eigenvalue weighted by Crippen LogP contribution is 2.32. The lowest BCUT2D eigenvalue weighted by Gasteiger charge is -2.21. The van der Waals surface area contributed by atoms with Crippen LogP contribution >= 0.6 is 0 Å². The highest BCUT2D eigenvalue weighted by atomic mass is 16.7. The predicted octanol–water partition coefficient (Wildman–Crippen LogP) is -0.279. The lowest BCUT2D eigenvalue weighted by molar-refractivity contribution is -0.155. The molecule has 0 radical (unpaired) electrons. The minimum Gasteiger partial charge on any atom is -0.394 e. The van der Waals surface area contributed by atoms with Gasteiger partial charge in [0.05, 0.1) is 17.7 Å². The Labute approximate surface area is 157 Å². The molecule has 2 N–H and O–H groups in total. The number of benzene rings is 1. The van der Waals surface area contributed by atoms with Crippen molar-refractivity contribution in [3.63, 3.8) is 0 Å². The van der Waals surface area contributed by atoms with Crippen LogP contribution in [0.2, 0.25) is 0 Å². The minimum atomic E-state index is -0.867. The van der Waals surface area contributed by atoms with E-state index < -0.39 is 48.1 Å². The average molecular weight is 387 g/mol. The number of rotatable bonds is 4. The zero-order valence-electron chi connectivity index (χ0n) is 14.8. The van der Waals surface area contributed by atoms with Gasteiger partial charge in [0, 0.05) is 18.2 Å². The third-order valence-corrected chi connectivity index (χ3v) is 4.81. The molecule has 0 unspecified atom stereocenters. The Morgan fingerprint density at radius 3 is 2.43 bits per heavy atom. The van der Waals surface area contributed by atoms with E-state index in [-0.39, 0.29) is 17.5 Å². The van der Waals surface area contributed by atoms with Crippen LogP contribution in [0.4, 0.5) is 0 Å². The highest BCUT2D eigenvalue weighted by molar-refractivity contribution is 6.20. The van der Waals surface area contributed by atoms with Crippen LogP contribution in [0.1, 0.15) is 38.9 Å². The van der Waals surface area contributed by atoms with Gasteiger partial charge in [0.2, 0.25) is 0 Å². The topological polar surface area (TPSA) is 131 Å². The van der Waals surface area contributed by atoms with Crippen molar-refractivity contribution >= 4 is 11.8 Å². The fourth-order valence-corrected chi connectivity index (χ4v) is 3.34. The monoisotopic (exact) mass is 387 g/mol. The zero-order chi connectivity index (χ0) is 20.0. The van der Waals surface area contributed by atoms with Gasteiger partial charge in [-0.15, -0.1) is 5.06 Å².